The Balaban J connectivity index is 1.63. The number of benzene rings is 2. The molecule has 3 heteroatoms. The Bertz CT molecular complexity index is 732. The van der Waals surface area contributed by atoms with E-state index >= 15 is 0 Å². The van der Waals surface area contributed by atoms with Gasteiger partial charge in [0.15, 0.2) is 5.78 Å². The second-order valence-corrected chi connectivity index (χ2v) is 8.73. The van der Waals surface area contributed by atoms with E-state index in [4.69, 9.17) is 4.74 Å². The molecule has 0 saturated carbocycles. The van der Waals surface area contributed by atoms with Gasteiger partial charge >= 0.3 is 0 Å². The summed E-state index contributed by atoms with van der Waals surface area (Å²) in [6.45, 7) is 8.89. The highest BCUT2D eigenvalue weighted by Crippen LogP contribution is 2.35. The van der Waals surface area contributed by atoms with Crippen LogP contribution < -0.4 is 10.1 Å². The standard InChI is InChI=1S/C23H29NO2/c1-22(2)15-17(16-23(3,4)24-22)14-21(25)18-10-12-20(13-11-18)26-19-8-6-5-7-9-19/h5-13,17,24H,14-16H2,1-4H3. The number of hydrogen-bond donors (Lipinski definition) is 1. The van der Waals surface area contributed by atoms with Gasteiger partial charge in [-0.15, -0.1) is 0 Å². The molecule has 0 atom stereocenters. The normalized spacial score (nSPS) is 19.1. The molecule has 0 radical (unpaired) electrons. The molecule has 0 aromatic heterocycles. The maximum Gasteiger partial charge on any atom is 0.163 e. The van der Waals surface area contributed by atoms with Crippen LogP contribution in [0.25, 0.3) is 0 Å². The minimum atomic E-state index is 0.0695. The lowest BCUT2D eigenvalue weighted by molar-refractivity contribution is 0.0864. The summed E-state index contributed by atoms with van der Waals surface area (Å²) >= 11 is 0. The van der Waals surface area contributed by atoms with Crippen LogP contribution in [0.2, 0.25) is 0 Å². The van der Waals surface area contributed by atoms with E-state index in [0.717, 1.165) is 29.9 Å². The molecule has 1 aliphatic heterocycles. The topological polar surface area (TPSA) is 38.3 Å². The second kappa shape index (κ2) is 7.24. The molecule has 26 heavy (non-hydrogen) atoms. The van der Waals surface area contributed by atoms with Crippen molar-refractivity contribution in [3.05, 3.63) is 60.2 Å². The molecular weight excluding hydrogens is 322 g/mol. The number of ether oxygens (including phenoxy) is 1. The molecule has 0 unspecified atom stereocenters. The Morgan fingerprint density at radius 3 is 2.04 bits per heavy atom. The number of para-hydroxylation sites is 1. The summed E-state index contributed by atoms with van der Waals surface area (Å²) in [4.78, 5) is 12.7. The van der Waals surface area contributed by atoms with Crippen LogP contribution in [0.1, 0.15) is 57.3 Å². The van der Waals surface area contributed by atoms with Crippen LogP contribution in [0.4, 0.5) is 0 Å². The number of piperidine rings is 1. The van der Waals surface area contributed by atoms with Gasteiger partial charge in [0, 0.05) is 23.1 Å². The maximum atomic E-state index is 12.7. The van der Waals surface area contributed by atoms with E-state index in [1.54, 1.807) is 0 Å². The fourth-order valence-electron chi connectivity index (χ4n) is 4.39. The Labute approximate surface area is 156 Å². The zero-order chi connectivity index (χ0) is 18.8. The van der Waals surface area contributed by atoms with Gasteiger partial charge in [0.05, 0.1) is 0 Å². The molecule has 0 bridgehead atoms. The van der Waals surface area contributed by atoms with Crippen LogP contribution in [-0.2, 0) is 0 Å². The molecule has 0 amide bonds. The summed E-state index contributed by atoms with van der Waals surface area (Å²) < 4.78 is 5.80. The summed E-state index contributed by atoms with van der Waals surface area (Å²) in [5, 5.41) is 3.68. The van der Waals surface area contributed by atoms with Crippen LogP contribution in [0, 0.1) is 5.92 Å². The summed E-state index contributed by atoms with van der Waals surface area (Å²) in [6.07, 6.45) is 2.65. The summed E-state index contributed by atoms with van der Waals surface area (Å²) in [5.41, 5.74) is 0.903. The van der Waals surface area contributed by atoms with E-state index in [2.05, 4.69) is 33.0 Å². The van der Waals surface area contributed by atoms with Crippen LogP contribution in [-0.4, -0.2) is 16.9 Å². The van der Waals surface area contributed by atoms with E-state index in [9.17, 15) is 4.79 Å². The third-order valence-corrected chi connectivity index (χ3v) is 4.90. The van der Waals surface area contributed by atoms with Crippen molar-refractivity contribution in [1.82, 2.24) is 5.32 Å². The number of rotatable bonds is 5. The predicted octanol–water partition coefficient (Wildman–Crippen LogP) is 5.61. The molecule has 2 aromatic carbocycles. The summed E-state index contributed by atoms with van der Waals surface area (Å²) in [6, 6.07) is 17.2. The molecule has 1 fully saturated rings. The van der Waals surface area contributed by atoms with Crippen molar-refractivity contribution in [2.75, 3.05) is 0 Å². The maximum absolute atomic E-state index is 12.7. The fraction of sp³-hybridized carbons (Fsp3) is 0.435. The Hall–Kier alpha value is -2.13. The van der Waals surface area contributed by atoms with Crippen molar-refractivity contribution < 1.29 is 9.53 Å². The summed E-state index contributed by atoms with van der Waals surface area (Å²) in [7, 11) is 0. The first-order valence-electron chi connectivity index (χ1n) is 9.38. The van der Waals surface area contributed by atoms with Gasteiger partial charge < -0.3 is 10.1 Å². The number of hydrogen-bond acceptors (Lipinski definition) is 3. The monoisotopic (exact) mass is 351 g/mol. The molecule has 1 aliphatic rings. The van der Waals surface area contributed by atoms with E-state index in [1.165, 1.54) is 0 Å². The number of nitrogens with one attached hydrogen (secondary N) is 1. The van der Waals surface area contributed by atoms with Gasteiger partial charge in [-0.1, -0.05) is 18.2 Å². The molecule has 3 rings (SSSR count). The van der Waals surface area contributed by atoms with Crippen molar-refractivity contribution in [2.45, 2.75) is 58.0 Å². The van der Waals surface area contributed by atoms with E-state index in [1.807, 2.05) is 54.6 Å². The van der Waals surface area contributed by atoms with Crippen LogP contribution >= 0.6 is 0 Å². The highest BCUT2D eigenvalue weighted by Gasteiger charge is 2.38. The first kappa shape index (κ1) is 18.7. The molecule has 1 heterocycles. The van der Waals surface area contributed by atoms with Gasteiger partial charge in [-0.05, 0) is 82.9 Å². The fourth-order valence-corrected chi connectivity index (χ4v) is 4.39. The van der Waals surface area contributed by atoms with E-state index in [0.29, 0.717) is 12.3 Å². The van der Waals surface area contributed by atoms with Gasteiger partial charge in [0.25, 0.3) is 0 Å². The molecule has 1 saturated heterocycles. The van der Waals surface area contributed by atoms with Gasteiger partial charge in [0.2, 0.25) is 0 Å². The number of ketones is 1. The largest absolute Gasteiger partial charge is 0.457 e. The molecular formula is C23H29NO2. The smallest absolute Gasteiger partial charge is 0.163 e. The van der Waals surface area contributed by atoms with Gasteiger partial charge in [-0.2, -0.15) is 0 Å². The van der Waals surface area contributed by atoms with E-state index < -0.39 is 0 Å². The van der Waals surface area contributed by atoms with Crippen LogP contribution in [0.5, 0.6) is 11.5 Å². The van der Waals surface area contributed by atoms with Gasteiger partial charge in [0.1, 0.15) is 11.5 Å². The minimum absolute atomic E-state index is 0.0695. The summed E-state index contributed by atoms with van der Waals surface area (Å²) in [5.74, 6) is 2.17. The minimum Gasteiger partial charge on any atom is -0.457 e. The molecule has 0 aliphatic carbocycles. The van der Waals surface area contributed by atoms with Crippen LogP contribution in [0.15, 0.2) is 54.6 Å². The average molecular weight is 351 g/mol. The Kier molecular flexibility index (Phi) is 5.19. The Morgan fingerprint density at radius 2 is 1.46 bits per heavy atom. The van der Waals surface area contributed by atoms with Crippen molar-refractivity contribution in [1.29, 1.82) is 0 Å². The number of carbonyl (C=O) groups is 1. The van der Waals surface area contributed by atoms with Crippen molar-refractivity contribution in [3.8, 4) is 11.5 Å². The first-order valence-corrected chi connectivity index (χ1v) is 9.38. The lowest BCUT2D eigenvalue weighted by Crippen LogP contribution is -2.57. The molecule has 138 valence electrons. The zero-order valence-electron chi connectivity index (χ0n) is 16.2. The van der Waals surface area contributed by atoms with Gasteiger partial charge in [-0.25, -0.2) is 0 Å². The van der Waals surface area contributed by atoms with Crippen LogP contribution in [0.3, 0.4) is 0 Å². The van der Waals surface area contributed by atoms with Crippen molar-refractivity contribution >= 4 is 5.78 Å². The average Bonchev–Trinajstić information content (AvgIpc) is 2.53. The molecule has 0 spiro atoms. The van der Waals surface area contributed by atoms with E-state index in [-0.39, 0.29) is 16.9 Å². The second-order valence-electron chi connectivity index (χ2n) is 8.73. The molecule has 3 nitrogen and oxygen atoms in total. The quantitative estimate of drug-likeness (QED) is 0.712. The SMILES string of the molecule is CC1(C)CC(CC(=O)c2ccc(Oc3ccccc3)cc2)CC(C)(C)N1. The number of carbonyl (C=O) groups excluding carboxylic acids is 1. The molecule has 1 N–H and O–H groups in total. The molecule has 2 aromatic rings. The highest BCUT2D eigenvalue weighted by molar-refractivity contribution is 5.96. The zero-order valence-corrected chi connectivity index (χ0v) is 16.2. The number of Topliss-reactive ketones (excluding diaryl/α,β-unsaturated/α-hetero) is 1. The first-order chi connectivity index (χ1) is 12.2. The lowest BCUT2D eigenvalue weighted by Gasteiger charge is -2.46. The van der Waals surface area contributed by atoms with Crippen molar-refractivity contribution in [2.24, 2.45) is 5.92 Å². The predicted molar refractivity (Wildman–Crippen MR) is 106 cm³/mol. The van der Waals surface area contributed by atoms with Gasteiger partial charge in [-0.3, -0.25) is 4.79 Å². The lowest BCUT2D eigenvalue weighted by atomic mass is 9.74. The third-order valence-electron chi connectivity index (χ3n) is 4.90. The highest BCUT2D eigenvalue weighted by atomic mass is 16.5. The third kappa shape index (κ3) is 4.95. The Morgan fingerprint density at radius 1 is 0.923 bits per heavy atom. The van der Waals surface area contributed by atoms with Crippen molar-refractivity contribution in [3.63, 3.8) is 0 Å².